The van der Waals surface area contributed by atoms with Crippen molar-refractivity contribution in [2.45, 2.75) is 45.1 Å². The molecule has 1 amide bonds. The number of unbranched alkanes of at least 4 members (excludes halogenated alkanes) is 1. The summed E-state index contributed by atoms with van der Waals surface area (Å²) in [5.74, 6) is 0.604. The normalized spacial score (nSPS) is 16.0. The van der Waals surface area contributed by atoms with Gasteiger partial charge in [0.05, 0.1) is 11.8 Å². The summed E-state index contributed by atoms with van der Waals surface area (Å²) in [6.45, 7) is 4.31. The Balaban J connectivity index is 2.42. The number of hydrogen-bond acceptors (Lipinski definition) is 4. The number of amides is 1. The Kier molecular flexibility index (Phi) is 4.37. The van der Waals surface area contributed by atoms with Gasteiger partial charge in [0.2, 0.25) is 0 Å². The second kappa shape index (κ2) is 6.04. The molecular weight excluding hydrogens is 268 g/mol. The summed E-state index contributed by atoms with van der Waals surface area (Å²) in [5.41, 5.74) is -0.271. The van der Waals surface area contributed by atoms with E-state index in [-0.39, 0.29) is 11.7 Å². The zero-order valence-corrected chi connectivity index (χ0v) is 12.4. The molecule has 1 aromatic carbocycles. The van der Waals surface area contributed by atoms with Crippen LogP contribution in [0.4, 0.5) is 5.69 Å². The molecule has 0 aliphatic carbocycles. The number of hydrogen-bond donors (Lipinski definition) is 1. The summed E-state index contributed by atoms with van der Waals surface area (Å²) >= 11 is 0. The van der Waals surface area contributed by atoms with Crippen molar-refractivity contribution in [1.29, 1.82) is 5.26 Å². The van der Waals surface area contributed by atoms with Crippen molar-refractivity contribution in [3.63, 3.8) is 0 Å². The van der Waals surface area contributed by atoms with Crippen LogP contribution < -0.4 is 9.64 Å². The monoisotopic (exact) mass is 288 g/mol. The summed E-state index contributed by atoms with van der Waals surface area (Å²) < 4.78 is 5.95. The second-order valence-electron chi connectivity index (χ2n) is 5.17. The van der Waals surface area contributed by atoms with Crippen LogP contribution in [-0.2, 0) is 4.79 Å². The van der Waals surface area contributed by atoms with Crippen LogP contribution in [0, 0.1) is 11.3 Å². The van der Waals surface area contributed by atoms with Crippen molar-refractivity contribution in [3.8, 4) is 17.6 Å². The van der Waals surface area contributed by atoms with Gasteiger partial charge in [-0.1, -0.05) is 13.8 Å². The van der Waals surface area contributed by atoms with Gasteiger partial charge in [0.15, 0.2) is 5.60 Å². The van der Waals surface area contributed by atoms with E-state index in [1.807, 2.05) is 13.8 Å². The van der Waals surface area contributed by atoms with Crippen molar-refractivity contribution in [2.24, 2.45) is 0 Å². The number of carbonyl (C=O) groups excluding carboxylic acids is 1. The quantitative estimate of drug-likeness (QED) is 0.845. The molecule has 5 nitrogen and oxygen atoms in total. The molecule has 21 heavy (non-hydrogen) atoms. The first-order valence-corrected chi connectivity index (χ1v) is 7.29. The Morgan fingerprint density at radius 3 is 2.71 bits per heavy atom. The third-order valence-corrected chi connectivity index (χ3v) is 3.99. The van der Waals surface area contributed by atoms with Crippen molar-refractivity contribution < 1.29 is 14.6 Å². The van der Waals surface area contributed by atoms with E-state index in [1.165, 1.54) is 6.07 Å². The van der Waals surface area contributed by atoms with Crippen molar-refractivity contribution in [3.05, 3.63) is 18.2 Å². The molecule has 0 fully saturated rings. The highest BCUT2D eigenvalue weighted by atomic mass is 16.5. The van der Waals surface area contributed by atoms with Crippen molar-refractivity contribution >= 4 is 11.6 Å². The first kappa shape index (κ1) is 15.2. The molecule has 0 unspecified atom stereocenters. The van der Waals surface area contributed by atoms with Gasteiger partial charge in [-0.3, -0.25) is 4.79 Å². The van der Waals surface area contributed by atoms with E-state index in [2.05, 4.69) is 6.07 Å². The molecule has 1 aromatic rings. The fourth-order valence-electron chi connectivity index (χ4n) is 2.65. The van der Waals surface area contributed by atoms with E-state index in [9.17, 15) is 9.90 Å². The highest BCUT2D eigenvalue weighted by Crippen LogP contribution is 2.42. The number of rotatable bonds is 5. The maximum absolute atomic E-state index is 12.8. The Morgan fingerprint density at radius 1 is 1.38 bits per heavy atom. The standard InChI is InChI=1S/C16H20N2O3/c1-3-16(4-2)15(20)18(10-6-5-9-17)13-11-12(19)7-8-14(13)21-16/h7-8,11,19H,3-6,10H2,1-2H3. The van der Waals surface area contributed by atoms with Crippen molar-refractivity contribution in [2.75, 3.05) is 11.4 Å². The average molecular weight is 288 g/mol. The second-order valence-corrected chi connectivity index (χ2v) is 5.17. The number of phenols is 1. The Hall–Kier alpha value is -2.22. The van der Waals surface area contributed by atoms with Gasteiger partial charge in [-0.05, 0) is 31.4 Å². The largest absolute Gasteiger partial charge is 0.508 e. The maximum atomic E-state index is 12.8. The number of ether oxygens (including phenoxy) is 1. The van der Waals surface area contributed by atoms with E-state index in [1.54, 1.807) is 17.0 Å². The Morgan fingerprint density at radius 2 is 2.10 bits per heavy atom. The number of phenolic OH excluding ortho intramolecular Hbond substituents is 1. The summed E-state index contributed by atoms with van der Waals surface area (Å²) in [6, 6.07) is 6.87. The fourth-order valence-corrected chi connectivity index (χ4v) is 2.65. The van der Waals surface area contributed by atoms with Gasteiger partial charge in [0.1, 0.15) is 11.5 Å². The molecule has 112 valence electrons. The smallest absolute Gasteiger partial charge is 0.271 e. The van der Waals surface area contributed by atoms with Crippen LogP contribution in [0.1, 0.15) is 39.5 Å². The van der Waals surface area contributed by atoms with Crippen LogP contribution in [0.2, 0.25) is 0 Å². The molecule has 0 bridgehead atoms. The van der Waals surface area contributed by atoms with E-state index in [4.69, 9.17) is 10.00 Å². The highest BCUT2D eigenvalue weighted by molar-refractivity contribution is 6.03. The molecule has 0 saturated carbocycles. The molecule has 5 heteroatoms. The summed E-state index contributed by atoms with van der Waals surface area (Å²) in [6.07, 6.45) is 2.15. The molecule has 0 radical (unpaired) electrons. The summed E-state index contributed by atoms with van der Waals surface area (Å²) in [7, 11) is 0. The van der Waals surface area contributed by atoms with Crippen LogP contribution in [-0.4, -0.2) is 23.2 Å². The molecule has 0 spiro atoms. The Labute approximate surface area is 124 Å². The van der Waals surface area contributed by atoms with E-state index in [0.29, 0.717) is 43.7 Å². The van der Waals surface area contributed by atoms with Crippen LogP contribution in [0.25, 0.3) is 0 Å². The van der Waals surface area contributed by atoms with Gasteiger partial charge in [0, 0.05) is 19.0 Å². The molecule has 0 saturated heterocycles. The molecule has 1 aliphatic heterocycles. The predicted octanol–water partition coefficient (Wildman–Crippen LogP) is 2.98. The third kappa shape index (κ3) is 2.66. The lowest BCUT2D eigenvalue weighted by Gasteiger charge is -2.42. The lowest BCUT2D eigenvalue weighted by Crippen LogP contribution is -2.55. The van der Waals surface area contributed by atoms with Gasteiger partial charge < -0.3 is 14.7 Å². The molecule has 0 aromatic heterocycles. The van der Waals surface area contributed by atoms with Gasteiger partial charge in [0.25, 0.3) is 5.91 Å². The molecule has 1 aliphatic rings. The number of fused-ring (bicyclic) bond motifs is 1. The number of aromatic hydroxyl groups is 1. The number of nitriles is 1. The van der Waals surface area contributed by atoms with Gasteiger partial charge in [-0.2, -0.15) is 5.26 Å². The minimum absolute atomic E-state index is 0.0935. The third-order valence-electron chi connectivity index (χ3n) is 3.99. The molecule has 0 atom stereocenters. The van der Waals surface area contributed by atoms with Crippen LogP contribution in [0.15, 0.2) is 18.2 Å². The zero-order chi connectivity index (χ0) is 15.5. The highest BCUT2D eigenvalue weighted by Gasteiger charge is 2.45. The lowest BCUT2D eigenvalue weighted by molar-refractivity contribution is -0.136. The maximum Gasteiger partial charge on any atom is 0.271 e. The fraction of sp³-hybridized carbons (Fsp3) is 0.500. The lowest BCUT2D eigenvalue weighted by atomic mass is 9.92. The summed E-state index contributed by atoms with van der Waals surface area (Å²) in [5, 5.41) is 18.3. The molecule has 2 rings (SSSR count). The van der Waals surface area contributed by atoms with E-state index >= 15 is 0 Å². The topological polar surface area (TPSA) is 73.6 Å². The van der Waals surface area contributed by atoms with E-state index in [0.717, 1.165) is 0 Å². The van der Waals surface area contributed by atoms with Gasteiger partial charge in [-0.25, -0.2) is 0 Å². The van der Waals surface area contributed by atoms with Crippen molar-refractivity contribution in [1.82, 2.24) is 0 Å². The Bertz CT molecular complexity index is 573. The first-order chi connectivity index (χ1) is 10.1. The minimum atomic E-state index is -0.851. The number of benzene rings is 1. The number of anilines is 1. The molecule has 1 N–H and O–H groups in total. The zero-order valence-electron chi connectivity index (χ0n) is 12.4. The predicted molar refractivity (Wildman–Crippen MR) is 79.2 cm³/mol. The first-order valence-electron chi connectivity index (χ1n) is 7.29. The van der Waals surface area contributed by atoms with Gasteiger partial charge >= 0.3 is 0 Å². The summed E-state index contributed by atoms with van der Waals surface area (Å²) in [4.78, 5) is 14.5. The minimum Gasteiger partial charge on any atom is -0.508 e. The molecule has 1 heterocycles. The van der Waals surface area contributed by atoms with Crippen LogP contribution in [0.5, 0.6) is 11.5 Å². The van der Waals surface area contributed by atoms with E-state index < -0.39 is 5.60 Å². The van der Waals surface area contributed by atoms with Crippen LogP contribution in [0.3, 0.4) is 0 Å². The number of carbonyl (C=O) groups is 1. The van der Waals surface area contributed by atoms with Gasteiger partial charge in [-0.15, -0.1) is 0 Å². The van der Waals surface area contributed by atoms with Crippen LogP contribution >= 0.6 is 0 Å². The average Bonchev–Trinajstić information content (AvgIpc) is 2.50. The SMILES string of the molecule is CCC1(CC)Oc2ccc(O)cc2N(CCCC#N)C1=O. The molecular formula is C16H20N2O3. The number of nitrogens with zero attached hydrogens (tertiary/aromatic N) is 2.